The lowest BCUT2D eigenvalue weighted by Crippen LogP contribution is -2.34. The molecule has 8 heteroatoms. The molecule has 1 aliphatic carbocycles. The van der Waals surface area contributed by atoms with Gasteiger partial charge < -0.3 is 15.1 Å². The van der Waals surface area contributed by atoms with Crippen molar-refractivity contribution >= 4 is 45.9 Å². The maximum atomic E-state index is 4.87. The maximum absolute atomic E-state index is 4.87. The number of nitrogens with one attached hydrogen (secondary N) is 1. The smallest absolute Gasteiger partial charge is 0.229 e. The van der Waals surface area contributed by atoms with Crippen molar-refractivity contribution in [3.05, 3.63) is 36.3 Å². The molecule has 2 aliphatic rings. The average molecular weight is 379 g/mol. The highest BCUT2D eigenvalue weighted by Gasteiger charge is 2.28. The van der Waals surface area contributed by atoms with Crippen LogP contribution in [0.25, 0.3) is 11.0 Å². The van der Waals surface area contributed by atoms with Gasteiger partial charge in [0.1, 0.15) is 16.7 Å². The molecule has 2 aromatic heterocycles. The first-order chi connectivity index (χ1) is 13.2. The summed E-state index contributed by atoms with van der Waals surface area (Å²) in [5, 5.41) is 3.38. The summed E-state index contributed by atoms with van der Waals surface area (Å²) in [5.41, 5.74) is 4.91. The minimum atomic E-state index is 0.524. The van der Waals surface area contributed by atoms with Crippen LogP contribution in [0.1, 0.15) is 31.2 Å². The first-order valence-electron chi connectivity index (χ1n) is 9.25. The number of fused-ring (bicyclic) bond motifs is 2. The standard InChI is InChI=1S/C19H21N7S/c1-12-9-15-16(24-27-23-15)10-14(12)21-19-20-11-17-18(22-19)26(8-7-25(17)2)13-5-3-4-6-13/h7-11,13H,3-6H2,1-2H3,(H,20,21,22). The van der Waals surface area contributed by atoms with Crippen molar-refractivity contribution in [2.24, 2.45) is 0 Å². The van der Waals surface area contributed by atoms with Crippen LogP contribution in [0.5, 0.6) is 0 Å². The van der Waals surface area contributed by atoms with Crippen LogP contribution in [0.4, 0.5) is 23.1 Å². The fourth-order valence-corrected chi connectivity index (χ4v) is 4.37. The highest BCUT2D eigenvalue weighted by molar-refractivity contribution is 7.00. The summed E-state index contributed by atoms with van der Waals surface area (Å²) in [4.78, 5) is 13.8. The van der Waals surface area contributed by atoms with Crippen LogP contribution in [0.2, 0.25) is 0 Å². The van der Waals surface area contributed by atoms with Gasteiger partial charge in [-0.3, -0.25) is 0 Å². The molecule has 1 aromatic carbocycles. The predicted molar refractivity (Wildman–Crippen MR) is 110 cm³/mol. The number of benzene rings is 1. The monoisotopic (exact) mass is 379 g/mol. The maximum Gasteiger partial charge on any atom is 0.229 e. The van der Waals surface area contributed by atoms with E-state index in [1.807, 2.05) is 25.4 Å². The number of nitrogens with zero attached hydrogens (tertiary/aromatic N) is 6. The molecule has 0 radical (unpaired) electrons. The summed E-state index contributed by atoms with van der Waals surface area (Å²) in [6.45, 7) is 2.06. The third kappa shape index (κ3) is 2.90. The van der Waals surface area contributed by atoms with Crippen LogP contribution >= 0.6 is 11.7 Å². The molecule has 27 heavy (non-hydrogen) atoms. The first-order valence-corrected chi connectivity index (χ1v) is 9.98. The predicted octanol–water partition coefficient (Wildman–Crippen LogP) is 4.20. The third-order valence-electron chi connectivity index (χ3n) is 5.39. The Bertz CT molecular complexity index is 1020. The van der Waals surface area contributed by atoms with Gasteiger partial charge >= 0.3 is 0 Å². The van der Waals surface area contributed by atoms with Gasteiger partial charge in [0, 0.05) is 31.2 Å². The summed E-state index contributed by atoms with van der Waals surface area (Å²) in [6.07, 6.45) is 11.1. The molecule has 0 spiro atoms. The van der Waals surface area contributed by atoms with E-state index in [4.69, 9.17) is 4.98 Å². The molecule has 0 atom stereocenters. The summed E-state index contributed by atoms with van der Waals surface area (Å²) in [5.74, 6) is 1.57. The van der Waals surface area contributed by atoms with Crippen LogP contribution in [0.3, 0.4) is 0 Å². The Hall–Kier alpha value is -2.74. The molecule has 0 bridgehead atoms. The molecular weight excluding hydrogens is 358 g/mol. The minimum absolute atomic E-state index is 0.524. The van der Waals surface area contributed by atoms with Gasteiger partial charge in [-0.15, -0.1) is 0 Å². The number of hydrogen-bond acceptors (Lipinski definition) is 8. The quantitative estimate of drug-likeness (QED) is 0.731. The molecule has 5 rings (SSSR count). The van der Waals surface area contributed by atoms with Crippen molar-refractivity contribution in [2.45, 2.75) is 38.6 Å². The second-order valence-electron chi connectivity index (χ2n) is 7.20. The summed E-state index contributed by atoms with van der Waals surface area (Å²) in [7, 11) is 2.03. The van der Waals surface area contributed by atoms with Gasteiger partial charge in [0.05, 0.1) is 17.9 Å². The van der Waals surface area contributed by atoms with Crippen molar-refractivity contribution in [3.8, 4) is 0 Å². The number of aryl methyl sites for hydroxylation is 1. The van der Waals surface area contributed by atoms with Gasteiger partial charge in [0.15, 0.2) is 5.82 Å². The van der Waals surface area contributed by atoms with Gasteiger partial charge in [0.2, 0.25) is 5.95 Å². The van der Waals surface area contributed by atoms with Gasteiger partial charge in [0.25, 0.3) is 0 Å². The lowest BCUT2D eigenvalue weighted by Gasteiger charge is -2.34. The summed E-state index contributed by atoms with van der Waals surface area (Å²) >= 11 is 1.23. The van der Waals surface area contributed by atoms with E-state index in [9.17, 15) is 0 Å². The molecule has 0 saturated heterocycles. The number of hydrogen-bond donors (Lipinski definition) is 1. The lowest BCUT2D eigenvalue weighted by molar-refractivity contribution is 0.661. The largest absolute Gasteiger partial charge is 0.345 e. The fraction of sp³-hybridized carbons (Fsp3) is 0.368. The normalized spacial score (nSPS) is 17.0. The van der Waals surface area contributed by atoms with Crippen molar-refractivity contribution in [3.63, 3.8) is 0 Å². The van der Waals surface area contributed by atoms with E-state index >= 15 is 0 Å². The summed E-state index contributed by atoms with van der Waals surface area (Å²) in [6, 6.07) is 4.58. The van der Waals surface area contributed by atoms with Crippen molar-refractivity contribution in [1.29, 1.82) is 0 Å². The van der Waals surface area contributed by atoms with E-state index in [0.717, 1.165) is 33.8 Å². The van der Waals surface area contributed by atoms with Gasteiger partial charge in [-0.25, -0.2) is 4.98 Å². The van der Waals surface area contributed by atoms with E-state index in [-0.39, 0.29) is 0 Å². The zero-order valence-corrected chi connectivity index (χ0v) is 16.2. The molecule has 0 unspecified atom stereocenters. The summed E-state index contributed by atoms with van der Waals surface area (Å²) < 4.78 is 8.63. The van der Waals surface area contributed by atoms with E-state index in [1.54, 1.807) is 0 Å². The van der Waals surface area contributed by atoms with Crippen LogP contribution in [0.15, 0.2) is 30.7 Å². The third-order valence-corrected chi connectivity index (χ3v) is 5.95. The van der Waals surface area contributed by atoms with Crippen LogP contribution in [0, 0.1) is 6.92 Å². The Morgan fingerprint density at radius 1 is 1.11 bits per heavy atom. The highest BCUT2D eigenvalue weighted by atomic mass is 32.1. The molecule has 1 aliphatic heterocycles. The Kier molecular flexibility index (Phi) is 3.93. The van der Waals surface area contributed by atoms with Crippen molar-refractivity contribution in [1.82, 2.24) is 18.7 Å². The Morgan fingerprint density at radius 3 is 2.70 bits per heavy atom. The van der Waals surface area contributed by atoms with Crippen molar-refractivity contribution in [2.75, 3.05) is 22.2 Å². The van der Waals surface area contributed by atoms with E-state index in [0.29, 0.717) is 12.0 Å². The lowest BCUT2D eigenvalue weighted by atomic mass is 10.2. The molecule has 7 nitrogen and oxygen atoms in total. The van der Waals surface area contributed by atoms with Gasteiger partial charge in [-0.1, -0.05) is 12.8 Å². The molecular formula is C19H21N7S. The zero-order valence-electron chi connectivity index (χ0n) is 15.4. The highest BCUT2D eigenvalue weighted by Crippen LogP contribution is 2.37. The molecule has 3 heterocycles. The minimum Gasteiger partial charge on any atom is -0.345 e. The van der Waals surface area contributed by atoms with Crippen LogP contribution < -0.4 is 15.1 Å². The van der Waals surface area contributed by atoms with Crippen molar-refractivity contribution < 1.29 is 0 Å². The molecule has 0 amide bonds. The second-order valence-corrected chi connectivity index (χ2v) is 7.73. The topological polar surface area (TPSA) is 70.1 Å². The first kappa shape index (κ1) is 16.4. The van der Waals surface area contributed by atoms with Crippen LogP contribution in [-0.2, 0) is 0 Å². The fourth-order valence-electron chi connectivity index (χ4n) is 3.86. The Balaban J connectivity index is 1.50. The van der Waals surface area contributed by atoms with Gasteiger partial charge in [-0.05, 0) is 37.5 Å². The number of aromatic nitrogens is 4. The Labute approximate surface area is 162 Å². The zero-order chi connectivity index (χ0) is 18.4. The van der Waals surface area contributed by atoms with Gasteiger partial charge in [-0.2, -0.15) is 13.7 Å². The number of rotatable bonds is 3. The Morgan fingerprint density at radius 2 is 1.89 bits per heavy atom. The molecule has 1 N–H and O–H groups in total. The van der Waals surface area contributed by atoms with E-state index in [1.165, 1.54) is 37.4 Å². The second kappa shape index (κ2) is 6.45. The van der Waals surface area contributed by atoms with Crippen LogP contribution in [-0.4, -0.2) is 31.8 Å². The molecule has 138 valence electrons. The van der Waals surface area contributed by atoms with E-state index in [2.05, 4.69) is 48.2 Å². The molecule has 1 saturated carbocycles. The number of anilines is 4. The molecule has 3 aromatic rings. The van der Waals surface area contributed by atoms with E-state index < -0.39 is 0 Å². The molecule has 1 fully saturated rings. The average Bonchev–Trinajstić information content (AvgIpc) is 3.34. The SMILES string of the molecule is Cc1cc2nsnc2cc1Nc1ncc2c(n1)N(C1CCCC1)C=CN2C.